The van der Waals surface area contributed by atoms with Gasteiger partial charge < -0.3 is 18.6 Å². The molecule has 0 aliphatic carbocycles. The van der Waals surface area contributed by atoms with E-state index in [2.05, 4.69) is 374 Å². The molecule has 0 radical (unpaired) electrons. The van der Waals surface area contributed by atoms with Gasteiger partial charge in [0.25, 0.3) is 0 Å². The molecule has 4 heteroatoms. The molecule has 0 atom stereocenters. The molecule has 468 valence electrons. The zero-order chi connectivity index (χ0) is 66.0. The second kappa shape index (κ2) is 24.4. The summed E-state index contributed by atoms with van der Waals surface area (Å²) in [7, 11) is 0. The summed E-state index contributed by atoms with van der Waals surface area (Å²) in [6.07, 6.45) is 0. The maximum Gasteiger partial charge on any atom is 0.145 e. The van der Waals surface area contributed by atoms with Crippen LogP contribution >= 0.6 is 0 Å². The molecule has 100 heavy (non-hydrogen) atoms. The first kappa shape index (κ1) is 58.1. The van der Waals surface area contributed by atoms with E-state index in [1.807, 2.05) is 12.1 Å². The van der Waals surface area contributed by atoms with Crippen molar-refractivity contribution >= 4 is 143 Å². The molecule has 2 aromatic heterocycles. The number of furan rings is 2. The standard InChI is InChI=1S/2C48H31NO/c1-2-10-32(11-3-1)36-14-8-15-40(31-36)49(45-18-9-13-35-24-29-44-43-17-6-7-19-46(43)50-48(44)47(35)45)39-26-22-33(23-27-39)37-25-28-42-38(30-37)21-20-34-12-4-5-16-41(34)42;1-2-11-32(12-3-1)33-21-26-37(27-22-33)49(45-19-10-14-35-25-30-43-42-18-8-9-20-46(42)50-48(43)47(35)45)38-28-23-34(24-29-38)44-31-36-13-4-5-15-39(36)40-16-6-7-17-41(40)44/h2*1-31H. The molecule has 0 saturated carbocycles. The van der Waals surface area contributed by atoms with Gasteiger partial charge in [-0.3, -0.25) is 0 Å². The van der Waals surface area contributed by atoms with Gasteiger partial charge in [0.15, 0.2) is 0 Å². The van der Waals surface area contributed by atoms with Crippen LogP contribution in [0.15, 0.2) is 385 Å². The van der Waals surface area contributed by atoms with Crippen LogP contribution in [0, 0.1) is 0 Å². The lowest BCUT2D eigenvalue weighted by Gasteiger charge is -2.27. The second-order valence-electron chi connectivity index (χ2n) is 25.8. The molecule has 2 heterocycles. The number of hydrogen-bond acceptors (Lipinski definition) is 4. The molecule has 0 fully saturated rings. The van der Waals surface area contributed by atoms with Gasteiger partial charge in [-0.2, -0.15) is 0 Å². The van der Waals surface area contributed by atoms with Gasteiger partial charge >= 0.3 is 0 Å². The first-order chi connectivity index (χ1) is 49.6. The van der Waals surface area contributed by atoms with Crippen LogP contribution in [0.25, 0.3) is 153 Å². The van der Waals surface area contributed by atoms with Crippen LogP contribution in [0.3, 0.4) is 0 Å². The highest BCUT2D eigenvalue weighted by atomic mass is 16.3. The highest BCUT2D eigenvalue weighted by Crippen LogP contribution is 2.48. The molecule has 0 aliphatic rings. The van der Waals surface area contributed by atoms with Crippen molar-refractivity contribution in [1.29, 1.82) is 0 Å². The lowest BCUT2D eigenvalue weighted by Crippen LogP contribution is -2.10. The second-order valence-corrected chi connectivity index (χ2v) is 25.8. The number of benzene rings is 18. The van der Waals surface area contributed by atoms with E-state index in [9.17, 15) is 0 Å². The van der Waals surface area contributed by atoms with Crippen molar-refractivity contribution < 1.29 is 8.83 Å². The van der Waals surface area contributed by atoms with E-state index in [4.69, 9.17) is 8.83 Å². The zero-order valence-corrected chi connectivity index (χ0v) is 54.5. The molecular formula is C96H62N2O2. The molecule has 20 aromatic rings. The molecule has 0 aliphatic heterocycles. The van der Waals surface area contributed by atoms with Gasteiger partial charge in [-0.25, -0.2) is 0 Å². The van der Waals surface area contributed by atoms with Gasteiger partial charge in [-0.05, 0) is 195 Å². The Kier molecular flexibility index (Phi) is 14.2. The Labute approximate surface area is 578 Å². The van der Waals surface area contributed by atoms with Crippen molar-refractivity contribution in [3.8, 4) is 44.5 Å². The third-order valence-electron chi connectivity index (χ3n) is 20.1. The van der Waals surface area contributed by atoms with E-state index < -0.39 is 0 Å². The summed E-state index contributed by atoms with van der Waals surface area (Å²) in [6, 6.07) is 135. The van der Waals surface area contributed by atoms with Crippen LogP contribution in [-0.2, 0) is 0 Å². The highest BCUT2D eigenvalue weighted by molar-refractivity contribution is 6.21. The van der Waals surface area contributed by atoms with Gasteiger partial charge in [0.1, 0.15) is 22.3 Å². The monoisotopic (exact) mass is 1270 g/mol. The highest BCUT2D eigenvalue weighted by Gasteiger charge is 2.23. The minimum Gasteiger partial charge on any atom is -0.455 e. The Morgan fingerprint density at radius 2 is 0.540 bits per heavy atom. The Hall–Kier alpha value is -13.3. The molecular weight excluding hydrogens is 1210 g/mol. The van der Waals surface area contributed by atoms with E-state index in [0.717, 1.165) is 99.5 Å². The molecule has 0 unspecified atom stereocenters. The van der Waals surface area contributed by atoms with Gasteiger partial charge in [0.05, 0.1) is 11.4 Å². The average molecular weight is 1280 g/mol. The normalized spacial score (nSPS) is 11.6. The van der Waals surface area contributed by atoms with Crippen molar-refractivity contribution in [1.82, 2.24) is 0 Å². The van der Waals surface area contributed by atoms with Crippen molar-refractivity contribution in [2.45, 2.75) is 0 Å². The number of hydrogen-bond donors (Lipinski definition) is 0. The summed E-state index contributed by atoms with van der Waals surface area (Å²) in [5.74, 6) is 0. The van der Waals surface area contributed by atoms with E-state index in [1.165, 1.54) is 87.6 Å². The minimum absolute atomic E-state index is 0.898. The summed E-state index contributed by atoms with van der Waals surface area (Å²) in [6.45, 7) is 0. The van der Waals surface area contributed by atoms with E-state index in [-0.39, 0.29) is 0 Å². The molecule has 0 spiro atoms. The summed E-state index contributed by atoms with van der Waals surface area (Å²) >= 11 is 0. The van der Waals surface area contributed by atoms with Crippen molar-refractivity contribution in [3.63, 3.8) is 0 Å². The van der Waals surface area contributed by atoms with Gasteiger partial charge in [-0.1, -0.05) is 279 Å². The summed E-state index contributed by atoms with van der Waals surface area (Å²) in [5, 5.41) is 19.1. The van der Waals surface area contributed by atoms with Crippen molar-refractivity contribution in [3.05, 3.63) is 376 Å². The minimum atomic E-state index is 0.898. The quantitative estimate of drug-likeness (QED) is 0.128. The molecule has 4 nitrogen and oxygen atoms in total. The number of para-hydroxylation sites is 2. The SMILES string of the molecule is c1ccc(-c2ccc(N(c3ccc(-c4cc5ccccc5c5ccccc45)cc3)c3cccc4ccc5c6ccccc6oc5c34)cc2)cc1.c1ccc(-c2cccc(N(c3ccc(-c4ccc5c(ccc6ccccc65)c4)cc3)c3cccc4ccc5c6ccccc6oc5c34)c2)cc1. The molecule has 18 aromatic carbocycles. The van der Waals surface area contributed by atoms with Crippen LogP contribution in [-0.4, -0.2) is 0 Å². The van der Waals surface area contributed by atoms with Gasteiger partial charge in [0, 0.05) is 55.1 Å². The number of anilines is 6. The van der Waals surface area contributed by atoms with Crippen molar-refractivity contribution in [2.75, 3.05) is 9.80 Å². The first-order valence-electron chi connectivity index (χ1n) is 34.2. The number of nitrogens with zero attached hydrogens (tertiary/aromatic N) is 2. The topological polar surface area (TPSA) is 32.8 Å². The number of rotatable bonds is 10. The van der Waals surface area contributed by atoms with Crippen LogP contribution < -0.4 is 9.80 Å². The largest absolute Gasteiger partial charge is 0.455 e. The Morgan fingerprint density at radius 3 is 1.13 bits per heavy atom. The van der Waals surface area contributed by atoms with E-state index >= 15 is 0 Å². The van der Waals surface area contributed by atoms with E-state index in [1.54, 1.807) is 0 Å². The van der Waals surface area contributed by atoms with E-state index in [0.29, 0.717) is 0 Å². The summed E-state index contributed by atoms with van der Waals surface area (Å²) in [5.41, 5.74) is 19.6. The number of fused-ring (bicyclic) bond motifs is 16. The van der Waals surface area contributed by atoms with Gasteiger partial charge in [0.2, 0.25) is 0 Å². The lowest BCUT2D eigenvalue weighted by molar-refractivity contribution is 0.672. The Balaban J connectivity index is 0.000000139. The third kappa shape index (κ3) is 10.2. The molecule has 0 saturated heterocycles. The van der Waals surface area contributed by atoms with Gasteiger partial charge in [-0.15, -0.1) is 0 Å². The summed E-state index contributed by atoms with van der Waals surface area (Å²) < 4.78 is 13.3. The Bertz CT molecular complexity index is 6510. The fourth-order valence-corrected chi connectivity index (χ4v) is 15.3. The lowest BCUT2D eigenvalue weighted by atomic mass is 9.93. The molecule has 20 rings (SSSR count). The maximum atomic E-state index is 6.63. The predicted molar refractivity (Wildman–Crippen MR) is 424 cm³/mol. The van der Waals surface area contributed by atoms with Crippen LogP contribution in [0.2, 0.25) is 0 Å². The van der Waals surface area contributed by atoms with Crippen LogP contribution in [0.1, 0.15) is 0 Å². The zero-order valence-electron chi connectivity index (χ0n) is 54.5. The third-order valence-corrected chi connectivity index (χ3v) is 20.1. The summed E-state index contributed by atoms with van der Waals surface area (Å²) in [4.78, 5) is 4.74. The molecule has 0 N–H and O–H groups in total. The predicted octanol–water partition coefficient (Wildman–Crippen LogP) is 27.7. The van der Waals surface area contributed by atoms with Crippen LogP contribution in [0.4, 0.5) is 34.1 Å². The molecule has 0 amide bonds. The Morgan fingerprint density at radius 1 is 0.180 bits per heavy atom. The first-order valence-corrected chi connectivity index (χ1v) is 34.2. The fourth-order valence-electron chi connectivity index (χ4n) is 15.3. The van der Waals surface area contributed by atoms with Crippen molar-refractivity contribution in [2.24, 2.45) is 0 Å². The average Bonchev–Trinajstić information content (AvgIpc) is 1.51. The van der Waals surface area contributed by atoms with Crippen LogP contribution in [0.5, 0.6) is 0 Å². The molecule has 0 bridgehead atoms. The fraction of sp³-hybridized carbons (Fsp3) is 0. The maximum absolute atomic E-state index is 6.63. The smallest absolute Gasteiger partial charge is 0.145 e.